The first-order valence-corrected chi connectivity index (χ1v) is 4.91. The molecule has 84 valence electrons. The summed E-state index contributed by atoms with van der Waals surface area (Å²) in [6.45, 7) is 0.237. The van der Waals surface area contributed by atoms with Crippen molar-refractivity contribution in [3.05, 3.63) is 41.5 Å². The van der Waals surface area contributed by atoms with Crippen molar-refractivity contribution in [2.75, 3.05) is 13.7 Å². The maximum Gasteiger partial charge on any atom is 0.337 e. The zero-order valence-electron chi connectivity index (χ0n) is 8.84. The van der Waals surface area contributed by atoms with E-state index in [2.05, 4.69) is 0 Å². The molecule has 1 aliphatic heterocycles. The number of methoxy groups -OCH3 is 1. The lowest BCUT2D eigenvalue weighted by Crippen LogP contribution is -2.08. The fourth-order valence-electron chi connectivity index (χ4n) is 1.56. The lowest BCUT2D eigenvalue weighted by atomic mass is 10.0. The molecule has 0 aliphatic carbocycles. The van der Waals surface area contributed by atoms with Crippen LogP contribution in [-0.2, 0) is 9.53 Å². The Morgan fingerprint density at radius 2 is 2.06 bits per heavy atom. The van der Waals surface area contributed by atoms with E-state index in [0.717, 1.165) is 0 Å². The molecule has 1 aliphatic rings. The zero-order valence-corrected chi connectivity index (χ0v) is 8.84. The maximum atomic E-state index is 11.2. The second-order valence-corrected chi connectivity index (χ2v) is 3.43. The highest BCUT2D eigenvalue weighted by molar-refractivity contribution is 5.91. The Hall–Kier alpha value is -1.81. The van der Waals surface area contributed by atoms with Crippen LogP contribution in [0.25, 0.3) is 0 Å². The van der Waals surface area contributed by atoms with Crippen molar-refractivity contribution >= 4 is 5.97 Å². The number of hydrogen-bond donors (Lipinski definition) is 1. The van der Waals surface area contributed by atoms with E-state index in [-0.39, 0.29) is 6.61 Å². The number of rotatable bonds is 3. The van der Waals surface area contributed by atoms with Gasteiger partial charge in [0.15, 0.2) is 0 Å². The number of cyclic esters (lactones) is 1. The van der Waals surface area contributed by atoms with E-state index in [0.29, 0.717) is 16.9 Å². The average Bonchev–Trinajstić information content (AvgIpc) is 2.75. The standard InChI is InChI=1S/C12H12O4/c1-15-9-4-2-8(3-5-9)11(13)10-6-7-16-12(10)14/h2-6,11,13H,7H2,1H3. The van der Waals surface area contributed by atoms with Crippen molar-refractivity contribution in [2.24, 2.45) is 0 Å². The molecule has 0 saturated heterocycles. The van der Waals surface area contributed by atoms with E-state index < -0.39 is 12.1 Å². The summed E-state index contributed by atoms with van der Waals surface area (Å²) in [5.41, 5.74) is 0.941. The number of aliphatic hydroxyl groups is 1. The summed E-state index contributed by atoms with van der Waals surface area (Å²) < 4.78 is 9.74. The largest absolute Gasteiger partial charge is 0.497 e. The first kappa shape index (κ1) is 10.7. The van der Waals surface area contributed by atoms with Gasteiger partial charge >= 0.3 is 5.97 Å². The van der Waals surface area contributed by atoms with Crippen molar-refractivity contribution in [3.8, 4) is 5.75 Å². The third-order valence-electron chi connectivity index (χ3n) is 2.48. The summed E-state index contributed by atoms with van der Waals surface area (Å²) in [7, 11) is 1.57. The predicted molar refractivity (Wildman–Crippen MR) is 57.0 cm³/mol. The van der Waals surface area contributed by atoms with Crippen molar-refractivity contribution in [3.63, 3.8) is 0 Å². The number of hydrogen-bond acceptors (Lipinski definition) is 4. The highest BCUT2D eigenvalue weighted by Gasteiger charge is 2.25. The lowest BCUT2D eigenvalue weighted by molar-refractivity contribution is -0.136. The van der Waals surface area contributed by atoms with Crippen molar-refractivity contribution < 1.29 is 19.4 Å². The number of carbonyl (C=O) groups excluding carboxylic acids is 1. The van der Waals surface area contributed by atoms with E-state index in [4.69, 9.17) is 9.47 Å². The van der Waals surface area contributed by atoms with E-state index in [1.807, 2.05) is 0 Å². The van der Waals surface area contributed by atoms with Crippen LogP contribution in [-0.4, -0.2) is 24.8 Å². The number of ether oxygens (including phenoxy) is 2. The van der Waals surface area contributed by atoms with Gasteiger partial charge in [0.25, 0.3) is 0 Å². The van der Waals surface area contributed by atoms with Gasteiger partial charge in [0.2, 0.25) is 0 Å². The molecule has 0 saturated carbocycles. The molecule has 0 spiro atoms. The SMILES string of the molecule is COc1ccc(C(O)C2=CCOC2=O)cc1. The van der Waals surface area contributed by atoms with Crippen LogP contribution in [0.4, 0.5) is 0 Å². The molecule has 0 fully saturated rings. The predicted octanol–water partition coefficient (Wildman–Crippen LogP) is 1.21. The van der Waals surface area contributed by atoms with Gasteiger partial charge in [-0.3, -0.25) is 0 Å². The molecule has 1 heterocycles. The maximum absolute atomic E-state index is 11.2. The number of carbonyl (C=O) groups is 1. The normalized spacial score (nSPS) is 16.6. The van der Waals surface area contributed by atoms with Gasteiger partial charge in [-0.2, -0.15) is 0 Å². The van der Waals surface area contributed by atoms with Crippen LogP contribution in [0, 0.1) is 0 Å². The minimum atomic E-state index is -0.930. The van der Waals surface area contributed by atoms with Gasteiger partial charge in [-0.15, -0.1) is 0 Å². The Morgan fingerprint density at radius 3 is 2.56 bits per heavy atom. The van der Waals surface area contributed by atoms with Crippen molar-refractivity contribution in [2.45, 2.75) is 6.10 Å². The van der Waals surface area contributed by atoms with Gasteiger partial charge in [-0.25, -0.2) is 4.79 Å². The lowest BCUT2D eigenvalue weighted by Gasteiger charge is -2.10. The molecule has 4 nitrogen and oxygen atoms in total. The summed E-state index contributed by atoms with van der Waals surface area (Å²) in [6.07, 6.45) is 0.665. The smallest absolute Gasteiger partial charge is 0.337 e. The number of aliphatic hydroxyl groups excluding tert-OH is 1. The average molecular weight is 220 g/mol. The highest BCUT2D eigenvalue weighted by Crippen LogP contribution is 2.26. The summed E-state index contributed by atoms with van der Waals surface area (Å²) in [5.74, 6) is 0.252. The van der Waals surface area contributed by atoms with E-state index in [1.165, 1.54) is 0 Å². The van der Waals surface area contributed by atoms with Gasteiger partial charge in [-0.1, -0.05) is 12.1 Å². The molecule has 0 radical (unpaired) electrons. The van der Waals surface area contributed by atoms with Crippen LogP contribution in [0.2, 0.25) is 0 Å². The van der Waals surface area contributed by atoms with Crippen LogP contribution >= 0.6 is 0 Å². The second-order valence-electron chi connectivity index (χ2n) is 3.43. The van der Waals surface area contributed by atoms with Gasteiger partial charge in [0, 0.05) is 0 Å². The number of benzene rings is 1. The molecule has 0 amide bonds. The topological polar surface area (TPSA) is 55.8 Å². The van der Waals surface area contributed by atoms with Crippen LogP contribution in [0.15, 0.2) is 35.9 Å². The minimum Gasteiger partial charge on any atom is -0.497 e. The Bertz CT molecular complexity index is 419. The van der Waals surface area contributed by atoms with Crippen LogP contribution in [0.1, 0.15) is 11.7 Å². The van der Waals surface area contributed by atoms with Gasteiger partial charge < -0.3 is 14.6 Å². The Morgan fingerprint density at radius 1 is 1.38 bits per heavy atom. The molecule has 16 heavy (non-hydrogen) atoms. The van der Waals surface area contributed by atoms with E-state index in [9.17, 15) is 9.90 Å². The zero-order chi connectivity index (χ0) is 11.5. The van der Waals surface area contributed by atoms with Crippen LogP contribution in [0.3, 0.4) is 0 Å². The Labute approximate surface area is 93.1 Å². The third-order valence-corrected chi connectivity index (χ3v) is 2.48. The molecule has 1 N–H and O–H groups in total. The van der Waals surface area contributed by atoms with Gasteiger partial charge in [0.1, 0.15) is 18.5 Å². The molecule has 0 bridgehead atoms. The van der Waals surface area contributed by atoms with Crippen molar-refractivity contribution in [1.29, 1.82) is 0 Å². The summed E-state index contributed by atoms with van der Waals surface area (Å²) >= 11 is 0. The van der Waals surface area contributed by atoms with E-state index >= 15 is 0 Å². The van der Waals surface area contributed by atoms with E-state index in [1.54, 1.807) is 37.5 Å². The Kier molecular flexibility index (Phi) is 2.92. The molecular formula is C12H12O4. The number of esters is 1. The van der Waals surface area contributed by atoms with Gasteiger partial charge in [0.05, 0.1) is 12.7 Å². The van der Waals surface area contributed by atoms with Crippen LogP contribution in [0.5, 0.6) is 5.75 Å². The molecular weight excluding hydrogens is 208 g/mol. The highest BCUT2D eigenvalue weighted by atomic mass is 16.5. The first-order chi connectivity index (χ1) is 7.72. The molecule has 1 unspecified atom stereocenters. The molecule has 4 heteroatoms. The monoisotopic (exact) mass is 220 g/mol. The fourth-order valence-corrected chi connectivity index (χ4v) is 1.56. The van der Waals surface area contributed by atoms with Crippen LogP contribution < -0.4 is 4.74 Å². The molecule has 1 atom stereocenters. The molecule has 1 aromatic rings. The molecule has 0 aromatic heterocycles. The Balaban J connectivity index is 2.20. The molecule has 2 rings (SSSR count). The second kappa shape index (κ2) is 4.37. The quantitative estimate of drug-likeness (QED) is 0.778. The van der Waals surface area contributed by atoms with Crippen molar-refractivity contribution in [1.82, 2.24) is 0 Å². The molecule has 1 aromatic carbocycles. The first-order valence-electron chi connectivity index (χ1n) is 4.91. The third kappa shape index (κ3) is 1.92. The minimum absolute atomic E-state index is 0.237. The van der Waals surface area contributed by atoms with Gasteiger partial charge in [-0.05, 0) is 23.8 Å². The summed E-state index contributed by atoms with van der Waals surface area (Å²) in [4.78, 5) is 11.2. The fraction of sp³-hybridized carbons (Fsp3) is 0.250. The summed E-state index contributed by atoms with van der Waals surface area (Å²) in [6, 6.07) is 6.91. The summed E-state index contributed by atoms with van der Waals surface area (Å²) in [5, 5.41) is 9.94.